The van der Waals surface area contributed by atoms with Crippen molar-refractivity contribution in [1.29, 1.82) is 0 Å². The van der Waals surface area contributed by atoms with Crippen molar-refractivity contribution < 1.29 is 0 Å². The lowest BCUT2D eigenvalue weighted by atomic mass is 10.2. The van der Waals surface area contributed by atoms with Gasteiger partial charge >= 0.3 is 0 Å². The number of nitrogens with two attached hydrogens (primary N) is 1. The molecular weight excluding hydrogens is 220 g/mol. The highest BCUT2D eigenvalue weighted by Gasteiger charge is 2.05. The Morgan fingerprint density at radius 2 is 2.19 bits per heavy atom. The van der Waals surface area contributed by atoms with Gasteiger partial charge in [0.2, 0.25) is 0 Å². The van der Waals surface area contributed by atoms with E-state index in [4.69, 9.17) is 5.73 Å². The molecule has 1 aromatic rings. The number of hydrogen-bond donors (Lipinski definition) is 2. The zero-order valence-electron chi connectivity index (χ0n) is 10.3. The van der Waals surface area contributed by atoms with Gasteiger partial charge in [-0.2, -0.15) is 0 Å². The summed E-state index contributed by atoms with van der Waals surface area (Å²) < 4.78 is 0. The Morgan fingerprint density at radius 1 is 1.50 bits per heavy atom. The summed E-state index contributed by atoms with van der Waals surface area (Å²) in [5.74, 6) is 0.955. The molecule has 0 unspecified atom stereocenters. The molecule has 0 fully saturated rings. The van der Waals surface area contributed by atoms with Gasteiger partial charge in [0, 0.05) is 11.4 Å². The number of rotatable bonds is 4. The Morgan fingerprint density at radius 3 is 2.69 bits per heavy atom. The minimum Gasteiger partial charge on any atom is -0.370 e. The fraction of sp³-hybridized carbons (Fsp3) is 0.636. The van der Waals surface area contributed by atoms with E-state index in [1.807, 2.05) is 13.8 Å². The Bertz CT molecular complexity index is 355. The summed E-state index contributed by atoms with van der Waals surface area (Å²) in [6, 6.07) is 0.311. The third-order valence-electron chi connectivity index (χ3n) is 1.98. The number of nitrogens with zero attached hydrogens (tertiary/aromatic N) is 2. The van der Waals surface area contributed by atoms with E-state index in [1.54, 1.807) is 11.3 Å². The van der Waals surface area contributed by atoms with E-state index >= 15 is 0 Å². The van der Waals surface area contributed by atoms with Gasteiger partial charge in [-0.1, -0.05) is 13.8 Å². The first-order valence-corrected chi connectivity index (χ1v) is 6.37. The highest BCUT2D eigenvalue weighted by molar-refractivity contribution is 7.09. The summed E-state index contributed by atoms with van der Waals surface area (Å²) in [6.45, 7) is 8.89. The lowest BCUT2D eigenvalue weighted by molar-refractivity contribution is 0.723. The minimum absolute atomic E-state index is 0.311. The first kappa shape index (κ1) is 13.0. The lowest BCUT2D eigenvalue weighted by Crippen LogP contribution is -2.36. The molecule has 4 nitrogen and oxygen atoms in total. The van der Waals surface area contributed by atoms with Crippen LogP contribution in [0.15, 0.2) is 10.4 Å². The van der Waals surface area contributed by atoms with E-state index in [1.165, 1.54) is 0 Å². The fourth-order valence-corrected chi connectivity index (χ4v) is 2.04. The molecule has 16 heavy (non-hydrogen) atoms. The van der Waals surface area contributed by atoms with Crippen LogP contribution in [0, 0.1) is 0 Å². The van der Waals surface area contributed by atoms with Crippen LogP contribution in [0.5, 0.6) is 0 Å². The fourth-order valence-electron chi connectivity index (χ4n) is 1.16. The van der Waals surface area contributed by atoms with Crippen LogP contribution in [0.4, 0.5) is 0 Å². The van der Waals surface area contributed by atoms with Crippen LogP contribution < -0.4 is 11.1 Å². The van der Waals surface area contributed by atoms with Gasteiger partial charge in [-0.05, 0) is 19.8 Å². The molecule has 0 spiro atoms. The molecule has 0 aliphatic carbocycles. The number of aliphatic imine (C=N–C) groups is 1. The summed E-state index contributed by atoms with van der Waals surface area (Å²) in [7, 11) is 0. The second-order valence-electron chi connectivity index (χ2n) is 4.32. The molecule has 0 bridgehead atoms. The van der Waals surface area contributed by atoms with Crippen molar-refractivity contribution in [2.75, 3.05) is 0 Å². The van der Waals surface area contributed by atoms with E-state index in [-0.39, 0.29) is 0 Å². The average Bonchev–Trinajstić information content (AvgIpc) is 2.61. The largest absolute Gasteiger partial charge is 0.370 e. The second-order valence-corrected chi connectivity index (χ2v) is 5.26. The maximum Gasteiger partial charge on any atom is 0.189 e. The van der Waals surface area contributed by atoms with E-state index in [0.717, 1.165) is 10.7 Å². The van der Waals surface area contributed by atoms with Crippen LogP contribution in [0.3, 0.4) is 0 Å². The third kappa shape index (κ3) is 4.18. The lowest BCUT2D eigenvalue weighted by Gasteiger charge is -2.07. The normalized spacial score (nSPS) is 12.5. The highest BCUT2D eigenvalue weighted by Crippen LogP contribution is 2.18. The van der Waals surface area contributed by atoms with Crippen LogP contribution in [0.2, 0.25) is 0 Å². The van der Waals surface area contributed by atoms with Gasteiger partial charge in [0.15, 0.2) is 5.96 Å². The van der Waals surface area contributed by atoms with Crippen LogP contribution >= 0.6 is 11.3 Å². The molecular formula is C11H20N4S. The molecule has 0 aromatic carbocycles. The molecule has 0 amide bonds. The van der Waals surface area contributed by atoms with Gasteiger partial charge in [0.1, 0.15) is 5.01 Å². The average molecular weight is 240 g/mol. The van der Waals surface area contributed by atoms with E-state index in [2.05, 4.69) is 34.5 Å². The van der Waals surface area contributed by atoms with Gasteiger partial charge < -0.3 is 11.1 Å². The van der Waals surface area contributed by atoms with Crippen molar-refractivity contribution in [2.24, 2.45) is 10.7 Å². The van der Waals surface area contributed by atoms with Crippen LogP contribution in [-0.2, 0) is 6.54 Å². The first-order chi connectivity index (χ1) is 7.49. The molecule has 1 aromatic heterocycles. The van der Waals surface area contributed by atoms with Crippen LogP contribution in [0.25, 0.3) is 0 Å². The standard InChI is InChI=1S/C11H20N4S/c1-7(2)9-6-16-10(15-9)5-13-11(12)14-8(3)4/h6-8H,5H2,1-4H3,(H3,12,13,14). The summed E-state index contributed by atoms with van der Waals surface area (Å²) in [5, 5.41) is 6.14. The Hall–Kier alpha value is -1.10. The highest BCUT2D eigenvalue weighted by atomic mass is 32.1. The number of guanidine groups is 1. The zero-order chi connectivity index (χ0) is 12.1. The molecule has 90 valence electrons. The number of hydrogen-bond acceptors (Lipinski definition) is 3. The number of nitrogens with one attached hydrogen (secondary N) is 1. The molecule has 1 heterocycles. The smallest absolute Gasteiger partial charge is 0.189 e. The molecule has 0 saturated heterocycles. The zero-order valence-corrected chi connectivity index (χ0v) is 11.1. The maximum atomic E-state index is 5.70. The van der Waals surface area contributed by atoms with Crippen molar-refractivity contribution in [3.8, 4) is 0 Å². The van der Waals surface area contributed by atoms with Crippen molar-refractivity contribution in [3.63, 3.8) is 0 Å². The minimum atomic E-state index is 0.311. The Kier molecular flexibility index (Phi) is 4.73. The van der Waals surface area contributed by atoms with Crippen molar-refractivity contribution >= 4 is 17.3 Å². The summed E-state index contributed by atoms with van der Waals surface area (Å²) >= 11 is 1.64. The summed E-state index contributed by atoms with van der Waals surface area (Å²) in [5.41, 5.74) is 6.83. The maximum absolute atomic E-state index is 5.70. The predicted octanol–water partition coefficient (Wildman–Crippen LogP) is 2.08. The molecule has 3 N–H and O–H groups in total. The Balaban J connectivity index is 2.53. The Labute approximate surface area is 101 Å². The van der Waals surface area contributed by atoms with Crippen molar-refractivity contribution in [3.05, 3.63) is 16.1 Å². The summed E-state index contributed by atoms with van der Waals surface area (Å²) in [4.78, 5) is 8.73. The SMILES string of the molecule is CC(C)NC(N)=NCc1nc(C(C)C)cs1. The van der Waals surface area contributed by atoms with Gasteiger partial charge in [0.05, 0.1) is 12.2 Å². The molecule has 0 atom stereocenters. The molecule has 1 rings (SSSR count). The quantitative estimate of drug-likeness (QED) is 0.625. The second kappa shape index (κ2) is 5.84. The van der Waals surface area contributed by atoms with Crippen LogP contribution in [0.1, 0.15) is 44.3 Å². The summed E-state index contributed by atoms with van der Waals surface area (Å²) in [6.07, 6.45) is 0. The molecule has 0 aliphatic rings. The van der Waals surface area contributed by atoms with Crippen molar-refractivity contribution in [1.82, 2.24) is 10.3 Å². The number of aromatic nitrogens is 1. The monoisotopic (exact) mass is 240 g/mol. The molecule has 5 heteroatoms. The number of thiazole rings is 1. The van der Waals surface area contributed by atoms with Crippen molar-refractivity contribution in [2.45, 2.75) is 46.2 Å². The topological polar surface area (TPSA) is 63.3 Å². The molecule has 0 aliphatic heterocycles. The van der Waals surface area contributed by atoms with E-state index in [9.17, 15) is 0 Å². The molecule has 0 radical (unpaired) electrons. The third-order valence-corrected chi connectivity index (χ3v) is 2.83. The first-order valence-electron chi connectivity index (χ1n) is 5.49. The van der Waals surface area contributed by atoms with Gasteiger partial charge in [0.25, 0.3) is 0 Å². The van der Waals surface area contributed by atoms with E-state index in [0.29, 0.717) is 24.5 Å². The van der Waals surface area contributed by atoms with Gasteiger partial charge in [-0.15, -0.1) is 11.3 Å². The van der Waals surface area contributed by atoms with E-state index < -0.39 is 0 Å². The van der Waals surface area contributed by atoms with Gasteiger partial charge in [-0.25, -0.2) is 9.98 Å². The molecule has 0 saturated carbocycles. The predicted molar refractivity (Wildman–Crippen MR) is 69.8 cm³/mol. The van der Waals surface area contributed by atoms with Crippen LogP contribution in [-0.4, -0.2) is 17.0 Å². The van der Waals surface area contributed by atoms with Gasteiger partial charge in [-0.3, -0.25) is 0 Å².